The summed E-state index contributed by atoms with van der Waals surface area (Å²) >= 11 is 6.39. The monoisotopic (exact) mass is 415 g/mol. The van der Waals surface area contributed by atoms with Gasteiger partial charge in [0.25, 0.3) is 17.5 Å². The van der Waals surface area contributed by atoms with Crippen LogP contribution in [0.5, 0.6) is 5.75 Å². The first kappa shape index (κ1) is 19.5. The number of hydrogen-bond donors (Lipinski definition) is 1. The number of non-ortho nitro benzene ring substituents is 1. The van der Waals surface area contributed by atoms with E-state index < -0.39 is 10.8 Å². The van der Waals surface area contributed by atoms with Crippen molar-refractivity contribution in [3.63, 3.8) is 0 Å². The number of nitro groups is 1. The first-order chi connectivity index (χ1) is 13.3. The van der Waals surface area contributed by atoms with Crippen LogP contribution in [0.25, 0.3) is 6.08 Å². The Labute approximate surface area is 169 Å². The molecule has 142 valence electrons. The lowest BCUT2D eigenvalue weighted by molar-refractivity contribution is -0.384. The fourth-order valence-corrected chi connectivity index (χ4v) is 3.70. The third kappa shape index (κ3) is 4.35. The number of primary amides is 1. The van der Waals surface area contributed by atoms with Crippen LogP contribution in [0.3, 0.4) is 0 Å². The summed E-state index contributed by atoms with van der Waals surface area (Å²) in [6, 6.07) is 12.5. The number of anilines is 1. The maximum Gasteiger partial charge on any atom is 0.271 e. The van der Waals surface area contributed by atoms with E-state index in [1.54, 1.807) is 36.4 Å². The van der Waals surface area contributed by atoms with Gasteiger partial charge in [0.05, 0.1) is 15.5 Å². The summed E-state index contributed by atoms with van der Waals surface area (Å²) in [5, 5.41) is 11.0. The van der Waals surface area contributed by atoms with Crippen molar-refractivity contribution >= 4 is 57.6 Å². The molecule has 1 heterocycles. The van der Waals surface area contributed by atoms with Crippen molar-refractivity contribution < 1.29 is 19.2 Å². The second-order valence-corrected chi connectivity index (χ2v) is 7.29. The number of ether oxygens (including phenoxy) is 1. The van der Waals surface area contributed by atoms with Gasteiger partial charge in [0, 0.05) is 12.1 Å². The number of benzene rings is 2. The minimum atomic E-state index is -0.575. The summed E-state index contributed by atoms with van der Waals surface area (Å²) in [5.74, 6) is -0.460. The number of carbonyl (C=O) groups excluding carboxylic acids is 2. The van der Waals surface area contributed by atoms with Gasteiger partial charge in [0.15, 0.2) is 10.9 Å². The van der Waals surface area contributed by atoms with Gasteiger partial charge in [-0.1, -0.05) is 42.2 Å². The Morgan fingerprint density at radius 1 is 1.29 bits per heavy atom. The third-order valence-corrected chi connectivity index (χ3v) is 4.95. The van der Waals surface area contributed by atoms with E-state index in [1.807, 2.05) is 0 Å². The SMILES string of the molecule is NC(=O)COc1ccc(/C=C2/SC(=S)N(c3cccc([N+](=O)[O-])c3)C2=O)cc1. The molecule has 0 bridgehead atoms. The summed E-state index contributed by atoms with van der Waals surface area (Å²) < 4.78 is 5.47. The number of nitro benzene ring substituents is 1. The molecule has 1 aliphatic heterocycles. The normalized spacial score (nSPS) is 15.1. The largest absolute Gasteiger partial charge is 0.484 e. The van der Waals surface area contributed by atoms with E-state index in [0.29, 0.717) is 16.3 Å². The van der Waals surface area contributed by atoms with Crippen molar-refractivity contribution in [2.45, 2.75) is 0 Å². The standard InChI is InChI=1S/C18H13N3O5S2/c19-16(22)10-26-14-6-4-11(5-7-14)8-15-17(23)20(18(27)28-15)12-2-1-3-13(9-12)21(24)25/h1-9H,10H2,(H2,19,22)/b15-8+. The zero-order valence-electron chi connectivity index (χ0n) is 14.2. The van der Waals surface area contributed by atoms with Crippen LogP contribution in [0, 0.1) is 10.1 Å². The van der Waals surface area contributed by atoms with Crippen molar-refractivity contribution in [1.29, 1.82) is 0 Å². The van der Waals surface area contributed by atoms with Gasteiger partial charge >= 0.3 is 0 Å². The van der Waals surface area contributed by atoms with Crippen LogP contribution in [0.15, 0.2) is 53.4 Å². The highest BCUT2D eigenvalue weighted by molar-refractivity contribution is 8.27. The number of rotatable bonds is 6. The molecule has 0 saturated carbocycles. The average molecular weight is 415 g/mol. The first-order valence-electron chi connectivity index (χ1n) is 7.89. The minimum absolute atomic E-state index is 0.123. The number of nitrogens with two attached hydrogens (primary N) is 1. The topological polar surface area (TPSA) is 116 Å². The molecule has 10 heteroatoms. The fourth-order valence-electron chi connectivity index (χ4n) is 2.40. The van der Waals surface area contributed by atoms with E-state index in [9.17, 15) is 19.7 Å². The van der Waals surface area contributed by atoms with Gasteiger partial charge in [-0.15, -0.1) is 0 Å². The highest BCUT2D eigenvalue weighted by Gasteiger charge is 2.33. The molecule has 2 aromatic rings. The van der Waals surface area contributed by atoms with Crippen molar-refractivity contribution in [1.82, 2.24) is 0 Å². The second-order valence-electron chi connectivity index (χ2n) is 5.62. The Kier molecular flexibility index (Phi) is 5.71. The van der Waals surface area contributed by atoms with Crippen LogP contribution < -0.4 is 15.4 Å². The lowest BCUT2D eigenvalue weighted by Gasteiger charge is -2.13. The predicted octanol–water partition coefficient (Wildman–Crippen LogP) is 2.86. The lowest BCUT2D eigenvalue weighted by Crippen LogP contribution is -2.27. The maximum atomic E-state index is 12.7. The first-order valence-corrected chi connectivity index (χ1v) is 9.11. The second kappa shape index (κ2) is 8.19. The third-order valence-electron chi connectivity index (χ3n) is 3.65. The zero-order valence-corrected chi connectivity index (χ0v) is 15.9. The maximum absolute atomic E-state index is 12.7. The summed E-state index contributed by atoms with van der Waals surface area (Å²) in [7, 11) is 0. The molecule has 2 aromatic carbocycles. The molecular weight excluding hydrogens is 402 g/mol. The fraction of sp³-hybridized carbons (Fsp3) is 0.0556. The Bertz CT molecular complexity index is 1000. The van der Waals surface area contributed by atoms with Crippen molar-refractivity contribution in [3.05, 3.63) is 69.1 Å². The molecule has 28 heavy (non-hydrogen) atoms. The van der Waals surface area contributed by atoms with Crippen LogP contribution in [0.4, 0.5) is 11.4 Å². The molecule has 8 nitrogen and oxygen atoms in total. The van der Waals surface area contributed by atoms with Gasteiger partial charge in [0.1, 0.15) is 5.75 Å². The number of amides is 2. The number of carbonyl (C=O) groups is 2. The minimum Gasteiger partial charge on any atom is -0.484 e. The Balaban J connectivity index is 1.80. The Morgan fingerprint density at radius 2 is 2.00 bits per heavy atom. The Morgan fingerprint density at radius 3 is 2.64 bits per heavy atom. The number of thiocarbonyl (C=S) groups is 1. The predicted molar refractivity (Wildman–Crippen MR) is 110 cm³/mol. The van der Waals surface area contributed by atoms with Crippen LogP contribution in [-0.4, -0.2) is 27.7 Å². The van der Waals surface area contributed by atoms with Crippen LogP contribution >= 0.6 is 24.0 Å². The van der Waals surface area contributed by atoms with Gasteiger partial charge in [0.2, 0.25) is 0 Å². The summed E-state index contributed by atoms with van der Waals surface area (Å²) in [4.78, 5) is 35.6. The zero-order chi connectivity index (χ0) is 20.3. The van der Waals surface area contributed by atoms with E-state index >= 15 is 0 Å². The van der Waals surface area contributed by atoms with Gasteiger partial charge in [-0.05, 0) is 29.8 Å². The quantitative estimate of drug-likeness (QED) is 0.334. The molecule has 0 unspecified atom stereocenters. The van der Waals surface area contributed by atoms with Gasteiger partial charge in [-0.3, -0.25) is 24.6 Å². The molecule has 2 amide bonds. The van der Waals surface area contributed by atoms with Gasteiger partial charge in [-0.25, -0.2) is 0 Å². The summed E-state index contributed by atoms with van der Waals surface area (Å²) in [5.41, 5.74) is 5.97. The molecule has 3 rings (SSSR count). The Hall–Kier alpha value is -3.24. The van der Waals surface area contributed by atoms with Gasteiger partial charge in [-0.2, -0.15) is 0 Å². The number of hydrogen-bond acceptors (Lipinski definition) is 7. The van der Waals surface area contributed by atoms with Crippen molar-refractivity contribution in [2.24, 2.45) is 5.73 Å². The molecule has 0 atom stereocenters. The van der Waals surface area contributed by atoms with E-state index in [4.69, 9.17) is 22.7 Å². The molecule has 1 saturated heterocycles. The molecule has 2 N–H and O–H groups in total. The molecule has 0 aliphatic carbocycles. The smallest absolute Gasteiger partial charge is 0.271 e. The summed E-state index contributed by atoms with van der Waals surface area (Å²) in [6.45, 7) is -0.221. The summed E-state index contributed by atoms with van der Waals surface area (Å²) in [6.07, 6.45) is 1.66. The van der Waals surface area contributed by atoms with E-state index in [2.05, 4.69) is 0 Å². The molecule has 1 aliphatic rings. The highest BCUT2D eigenvalue weighted by Crippen LogP contribution is 2.37. The van der Waals surface area contributed by atoms with Crippen molar-refractivity contribution in [2.75, 3.05) is 11.5 Å². The average Bonchev–Trinajstić information content (AvgIpc) is 2.94. The van der Waals surface area contributed by atoms with E-state index in [0.717, 1.165) is 17.3 Å². The molecular formula is C18H13N3O5S2. The number of thioether (sulfide) groups is 1. The highest BCUT2D eigenvalue weighted by atomic mass is 32.2. The van der Waals surface area contributed by atoms with Crippen LogP contribution in [-0.2, 0) is 9.59 Å². The van der Waals surface area contributed by atoms with Crippen LogP contribution in [0.1, 0.15) is 5.56 Å². The molecule has 0 aromatic heterocycles. The molecule has 0 radical (unpaired) electrons. The molecule has 0 spiro atoms. The number of nitrogens with zero attached hydrogens (tertiary/aromatic N) is 2. The van der Waals surface area contributed by atoms with Gasteiger partial charge < -0.3 is 10.5 Å². The molecule has 1 fully saturated rings. The lowest BCUT2D eigenvalue weighted by atomic mass is 10.2. The van der Waals surface area contributed by atoms with Crippen molar-refractivity contribution in [3.8, 4) is 5.75 Å². The van der Waals surface area contributed by atoms with Crippen LogP contribution in [0.2, 0.25) is 0 Å². The van der Waals surface area contributed by atoms with E-state index in [-0.39, 0.29) is 22.5 Å². The van der Waals surface area contributed by atoms with E-state index in [1.165, 1.54) is 23.1 Å².